The molecule has 1 N–H and O–H groups in total. The van der Waals surface area contributed by atoms with E-state index in [4.69, 9.17) is 19.2 Å². The maximum atomic E-state index is 12.5. The Morgan fingerprint density at radius 2 is 1.94 bits per heavy atom. The van der Waals surface area contributed by atoms with Gasteiger partial charge in [0.15, 0.2) is 5.52 Å². The van der Waals surface area contributed by atoms with Crippen molar-refractivity contribution in [2.24, 2.45) is 0 Å². The van der Waals surface area contributed by atoms with E-state index in [1.54, 1.807) is 17.3 Å². The van der Waals surface area contributed by atoms with Gasteiger partial charge in [0.1, 0.15) is 18.3 Å². The zero-order valence-corrected chi connectivity index (χ0v) is 20.4. The number of hydrogen-bond donors (Lipinski definition) is 1. The molecule has 2 saturated heterocycles. The number of morpholine rings is 1. The Hall–Kier alpha value is -3.30. The van der Waals surface area contributed by atoms with Gasteiger partial charge in [-0.1, -0.05) is 24.3 Å². The van der Waals surface area contributed by atoms with E-state index in [1.165, 1.54) is 5.56 Å². The topological polar surface area (TPSA) is 98.7 Å². The zero-order chi connectivity index (χ0) is 24.4. The molecule has 0 saturated carbocycles. The first kappa shape index (κ1) is 23.4. The molecule has 2 fully saturated rings. The van der Waals surface area contributed by atoms with Crippen LogP contribution in [0.1, 0.15) is 32.3 Å². The molecule has 0 bridgehead atoms. The molecule has 1 atom stereocenters. The summed E-state index contributed by atoms with van der Waals surface area (Å²) in [6, 6.07) is 10.4. The normalized spacial score (nSPS) is 18.8. The predicted octanol–water partition coefficient (Wildman–Crippen LogP) is 3.39. The first-order chi connectivity index (χ1) is 16.9. The highest BCUT2D eigenvalue weighted by Crippen LogP contribution is 2.29. The fourth-order valence-corrected chi connectivity index (χ4v) is 4.13. The number of rotatable bonds is 5. The smallest absolute Gasteiger partial charge is 0.410 e. The summed E-state index contributed by atoms with van der Waals surface area (Å²) in [5, 5.41) is 3.31. The lowest BCUT2D eigenvalue weighted by Gasteiger charge is -2.34. The molecule has 5 rings (SSSR count). The van der Waals surface area contributed by atoms with Gasteiger partial charge in [0, 0.05) is 43.5 Å². The molecule has 0 unspecified atom stereocenters. The summed E-state index contributed by atoms with van der Waals surface area (Å²) in [7, 11) is 0. The summed E-state index contributed by atoms with van der Waals surface area (Å²) in [6.07, 6.45) is 2.64. The number of amides is 1. The van der Waals surface area contributed by atoms with Crippen LogP contribution in [-0.2, 0) is 9.47 Å². The number of ether oxygens (including phenoxy) is 3. The number of nitrogens with zero attached hydrogens (tertiary/aromatic N) is 4. The lowest BCUT2D eigenvalue weighted by atomic mass is 9.93. The maximum absolute atomic E-state index is 12.5. The number of benzene rings is 1. The van der Waals surface area contributed by atoms with Gasteiger partial charge in [-0.3, -0.25) is 4.98 Å². The molecule has 4 heterocycles. The van der Waals surface area contributed by atoms with E-state index < -0.39 is 5.60 Å². The van der Waals surface area contributed by atoms with Gasteiger partial charge in [0.05, 0.1) is 24.4 Å². The molecule has 35 heavy (non-hydrogen) atoms. The molecule has 2 aromatic heterocycles. The van der Waals surface area contributed by atoms with Gasteiger partial charge in [-0.15, -0.1) is 0 Å². The highest BCUT2D eigenvalue weighted by atomic mass is 16.6. The quantitative estimate of drug-likeness (QED) is 0.597. The molecule has 9 nitrogen and oxygen atoms in total. The van der Waals surface area contributed by atoms with Crippen molar-refractivity contribution in [3.05, 3.63) is 48.3 Å². The highest BCUT2D eigenvalue weighted by Gasteiger charge is 2.29. The van der Waals surface area contributed by atoms with Crippen molar-refractivity contribution < 1.29 is 19.0 Å². The van der Waals surface area contributed by atoms with E-state index in [1.807, 2.05) is 26.8 Å². The van der Waals surface area contributed by atoms with Crippen LogP contribution in [0.5, 0.6) is 5.88 Å². The monoisotopic (exact) mass is 477 g/mol. The van der Waals surface area contributed by atoms with Crippen LogP contribution in [0.15, 0.2) is 42.7 Å². The van der Waals surface area contributed by atoms with Gasteiger partial charge < -0.3 is 24.4 Å². The second kappa shape index (κ2) is 9.75. The molecule has 1 aromatic carbocycles. The largest absolute Gasteiger partial charge is 0.473 e. The van der Waals surface area contributed by atoms with Gasteiger partial charge >= 0.3 is 6.09 Å². The number of nitrogens with one attached hydrogen (secondary N) is 1. The Kier molecular flexibility index (Phi) is 6.53. The summed E-state index contributed by atoms with van der Waals surface area (Å²) in [5.41, 5.74) is 3.84. The molecule has 184 valence electrons. The van der Waals surface area contributed by atoms with E-state index in [9.17, 15) is 4.79 Å². The van der Waals surface area contributed by atoms with Gasteiger partial charge in [-0.2, -0.15) is 0 Å². The van der Waals surface area contributed by atoms with Crippen molar-refractivity contribution in [2.75, 3.05) is 39.4 Å². The third-order valence-electron chi connectivity index (χ3n) is 6.08. The van der Waals surface area contributed by atoms with Crippen LogP contribution in [-0.4, -0.2) is 77.0 Å². The Bertz CT molecular complexity index is 1190. The van der Waals surface area contributed by atoms with Crippen molar-refractivity contribution in [3.63, 3.8) is 0 Å². The number of carbonyl (C=O) groups excluding carboxylic acids is 1. The second-order valence-corrected chi connectivity index (χ2v) is 9.94. The Labute approximate surface area is 204 Å². The van der Waals surface area contributed by atoms with Crippen molar-refractivity contribution in [1.82, 2.24) is 25.2 Å². The van der Waals surface area contributed by atoms with Crippen molar-refractivity contribution in [2.45, 2.75) is 38.4 Å². The number of hydrogen-bond acceptors (Lipinski definition) is 8. The number of carbonyl (C=O) groups is 1. The van der Waals surface area contributed by atoms with Crippen LogP contribution >= 0.6 is 0 Å². The Balaban J connectivity index is 1.32. The average Bonchev–Trinajstić information content (AvgIpc) is 2.81. The minimum Gasteiger partial charge on any atom is -0.473 e. The van der Waals surface area contributed by atoms with Crippen LogP contribution in [0, 0.1) is 0 Å². The van der Waals surface area contributed by atoms with Crippen LogP contribution in [0.25, 0.3) is 22.3 Å². The fourth-order valence-electron chi connectivity index (χ4n) is 4.13. The Morgan fingerprint density at radius 3 is 2.66 bits per heavy atom. The number of fused-ring (bicyclic) bond motifs is 1. The molecule has 2 aliphatic heterocycles. The summed E-state index contributed by atoms with van der Waals surface area (Å²) in [5.74, 6) is 0.977. The first-order valence-corrected chi connectivity index (χ1v) is 12.0. The van der Waals surface area contributed by atoms with E-state index in [0.717, 1.165) is 24.3 Å². The van der Waals surface area contributed by atoms with Crippen molar-refractivity contribution in [1.29, 1.82) is 0 Å². The van der Waals surface area contributed by atoms with E-state index in [2.05, 4.69) is 39.6 Å². The molecule has 3 aromatic rings. The van der Waals surface area contributed by atoms with Crippen LogP contribution in [0.4, 0.5) is 4.79 Å². The summed E-state index contributed by atoms with van der Waals surface area (Å²) in [6.45, 7) is 9.14. The second-order valence-electron chi connectivity index (χ2n) is 9.94. The summed E-state index contributed by atoms with van der Waals surface area (Å²) in [4.78, 5) is 27.8. The first-order valence-electron chi connectivity index (χ1n) is 12.0. The molecule has 1 amide bonds. The predicted molar refractivity (Wildman–Crippen MR) is 131 cm³/mol. The zero-order valence-electron chi connectivity index (χ0n) is 20.4. The van der Waals surface area contributed by atoms with Gasteiger partial charge in [0.25, 0.3) is 0 Å². The SMILES string of the molecule is CC(C)(C)OC(=O)N1CCO[C@H](COc2nc(-c3ccc(C4CNC4)cc3)cc3nccnc23)C1. The van der Waals surface area contributed by atoms with Gasteiger partial charge in [-0.25, -0.2) is 14.8 Å². The molecule has 2 aliphatic rings. The van der Waals surface area contributed by atoms with Crippen LogP contribution in [0.3, 0.4) is 0 Å². The van der Waals surface area contributed by atoms with Crippen LogP contribution < -0.4 is 10.1 Å². The van der Waals surface area contributed by atoms with E-state index in [-0.39, 0.29) is 18.8 Å². The average molecular weight is 478 g/mol. The van der Waals surface area contributed by atoms with Gasteiger partial charge in [0.2, 0.25) is 5.88 Å². The Morgan fingerprint density at radius 1 is 1.17 bits per heavy atom. The number of pyridine rings is 1. The number of aromatic nitrogens is 3. The molecular weight excluding hydrogens is 446 g/mol. The molecule has 0 aliphatic carbocycles. The summed E-state index contributed by atoms with van der Waals surface area (Å²) < 4.78 is 17.5. The third kappa shape index (κ3) is 5.52. The minimum atomic E-state index is -0.545. The van der Waals surface area contributed by atoms with Crippen LogP contribution in [0.2, 0.25) is 0 Å². The van der Waals surface area contributed by atoms with E-state index >= 15 is 0 Å². The van der Waals surface area contributed by atoms with E-state index in [0.29, 0.717) is 42.5 Å². The third-order valence-corrected chi connectivity index (χ3v) is 6.08. The molecular formula is C26H31N5O4. The lowest BCUT2D eigenvalue weighted by Crippen LogP contribution is -2.49. The lowest BCUT2D eigenvalue weighted by molar-refractivity contribution is -0.0559. The standard InChI is InChI=1S/C26H31N5O4/c1-26(2,3)35-25(32)31-10-11-33-20(15-31)16-34-24-23-22(28-8-9-29-23)12-21(30-24)18-6-4-17(5-7-18)19-13-27-14-19/h4-9,12,19-20,27H,10-11,13-16H2,1-3H3/t20-/m0/s1. The molecule has 9 heteroatoms. The summed E-state index contributed by atoms with van der Waals surface area (Å²) >= 11 is 0. The van der Waals surface area contributed by atoms with Gasteiger partial charge in [-0.05, 0) is 32.4 Å². The molecule has 0 radical (unpaired) electrons. The van der Waals surface area contributed by atoms with Crippen molar-refractivity contribution in [3.8, 4) is 17.1 Å². The minimum absolute atomic E-state index is 0.231. The highest BCUT2D eigenvalue weighted by molar-refractivity contribution is 5.83. The maximum Gasteiger partial charge on any atom is 0.410 e. The fraction of sp³-hybridized carbons (Fsp3) is 0.462. The molecule has 0 spiro atoms. The van der Waals surface area contributed by atoms with Crippen molar-refractivity contribution >= 4 is 17.1 Å².